The number of anilines is 1. The lowest BCUT2D eigenvalue weighted by Crippen LogP contribution is -2.25. The lowest BCUT2D eigenvalue weighted by atomic mass is 9.97. The number of aromatic nitrogens is 2. The Morgan fingerprint density at radius 3 is 2.84 bits per heavy atom. The number of halogens is 1. The Labute approximate surface area is 185 Å². The fourth-order valence-electron chi connectivity index (χ4n) is 5.62. The van der Waals surface area contributed by atoms with Crippen molar-refractivity contribution in [3.05, 3.63) is 66.7 Å². The van der Waals surface area contributed by atoms with Crippen molar-refractivity contribution in [3.8, 4) is 5.75 Å². The van der Waals surface area contributed by atoms with Crippen molar-refractivity contribution in [1.29, 1.82) is 0 Å². The summed E-state index contributed by atoms with van der Waals surface area (Å²) in [4.78, 5) is 20.3. The van der Waals surface area contributed by atoms with E-state index >= 15 is 0 Å². The molecule has 2 aliphatic carbocycles. The highest BCUT2D eigenvalue weighted by Gasteiger charge is 2.59. The maximum atomic E-state index is 13.7. The lowest BCUT2D eigenvalue weighted by Gasteiger charge is -2.20. The van der Waals surface area contributed by atoms with Crippen LogP contribution in [0.3, 0.4) is 0 Å². The summed E-state index contributed by atoms with van der Waals surface area (Å²) in [5.74, 6) is 1.85. The maximum Gasteiger partial charge on any atom is 0.227 e. The van der Waals surface area contributed by atoms with Crippen LogP contribution in [0.4, 0.5) is 10.1 Å². The minimum absolute atomic E-state index is 0.0382. The minimum atomic E-state index is -0.292. The third-order valence-electron chi connectivity index (χ3n) is 7.24. The summed E-state index contributed by atoms with van der Waals surface area (Å²) >= 11 is 0. The number of nitrogens with one attached hydrogen (secondary N) is 2. The number of hydrogen-bond donors (Lipinski definition) is 2. The van der Waals surface area contributed by atoms with Gasteiger partial charge in [0.2, 0.25) is 5.91 Å². The van der Waals surface area contributed by atoms with Crippen LogP contribution in [0.15, 0.2) is 60.9 Å². The van der Waals surface area contributed by atoms with Gasteiger partial charge in [0.15, 0.2) is 0 Å². The Kier molecular flexibility index (Phi) is 4.42. The number of aromatic amines is 1. The molecule has 0 bridgehead atoms. The quantitative estimate of drug-likeness (QED) is 0.438. The predicted octanol–water partition coefficient (Wildman–Crippen LogP) is 5.53. The maximum absolute atomic E-state index is 13.7. The van der Waals surface area contributed by atoms with E-state index in [1.807, 2.05) is 37.4 Å². The predicted molar refractivity (Wildman–Crippen MR) is 122 cm³/mol. The molecule has 2 saturated carbocycles. The molecule has 2 N–H and O–H groups in total. The number of fused-ring (bicyclic) bond motifs is 3. The number of H-pyrrole nitrogens is 1. The molecule has 2 aromatic carbocycles. The van der Waals surface area contributed by atoms with Crippen LogP contribution >= 0.6 is 0 Å². The van der Waals surface area contributed by atoms with Crippen LogP contribution < -0.4 is 10.1 Å². The smallest absolute Gasteiger partial charge is 0.227 e. The summed E-state index contributed by atoms with van der Waals surface area (Å²) in [6.45, 7) is 2.03. The van der Waals surface area contributed by atoms with Crippen LogP contribution in [0.5, 0.6) is 5.75 Å². The van der Waals surface area contributed by atoms with Crippen LogP contribution in [0.2, 0.25) is 0 Å². The van der Waals surface area contributed by atoms with Gasteiger partial charge in [-0.3, -0.25) is 9.78 Å². The van der Waals surface area contributed by atoms with Gasteiger partial charge in [0, 0.05) is 40.3 Å². The van der Waals surface area contributed by atoms with E-state index in [0.717, 1.165) is 34.9 Å². The Bertz CT molecular complexity index is 1320. The molecule has 0 aliphatic heterocycles. The molecule has 0 radical (unpaired) electrons. The highest BCUT2D eigenvalue weighted by molar-refractivity contribution is 5.95. The molecular formula is C26H24FN3O2. The average Bonchev–Trinajstić information content (AvgIpc) is 3.12. The zero-order valence-corrected chi connectivity index (χ0v) is 17.7. The van der Waals surface area contributed by atoms with Crippen LogP contribution in [0.25, 0.3) is 21.8 Å². The topological polar surface area (TPSA) is 67.0 Å². The third kappa shape index (κ3) is 3.30. The largest absolute Gasteiger partial charge is 0.490 e. The fraction of sp³-hybridized carbons (Fsp3) is 0.308. The molecule has 6 heteroatoms. The number of nitrogens with zero attached hydrogens (tertiary/aromatic N) is 1. The standard InChI is InChI=1S/C26H24FN3O2/c1-14(26(31)30-17-3-5-22-15(10-17)6-8-28-22)25-19-12-18(13-20(19)25)32-24-7-9-29-23-4-2-16(27)11-21(23)24/h2-11,14,18-20,25,28H,12-13H2,1H3,(H,30,31)/t14?,18?,19-,20+,25?. The molecule has 162 valence electrons. The van der Waals surface area contributed by atoms with Gasteiger partial charge in [0.05, 0.1) is 11.6 Å². The van der Waals surface area contributed by atoms with Crippen molar-refractivity contribution in [2.45, 2.75) is 25.9 Å². The van der Waals surface area contributed by atoms with Gasteiger partial charge in [0.1, 0.15) is 11.6 Å². The van der Waals surface area contributed by atoms with E-state index in [4.69, 9.17) is 4.74 Å². The Balaban J connectivity index is 1.08. The molecule has 2 heterocycles. The van der Waals surface area contributed by atoms with Crippen molar-refractivity contribution < 1.29 is 13.9 Å². The monoisotopic (exact) mass is 429 g/mol. The highest BCUT2D eigenvalue weighted by Crippen LogP contribution is 2.61. The van der Waals surface area contributed by atoms with Gasteiger partial charge in [-0.1, -0.05) is 6.92 Å². The van der Waals surface area contributed by atoms with Crippen molar-refractivity contribution in [1.82, 2.24) is 9.97 Å². The molecule has 0 spiro atoms. The first kappa shape index (κ1) is 19.3. The molecule has 2 aliphatic rings. The SMILES string of the molecule is CC(C(=O)Nc1ccc2[nH]ccc2c1)C1[C@H]2CC(Oc3ccnc4ccc(F)cc34)C[C@@H]12. The van der Waals surface area contributed by atoms with Crippen molar-refractivity contribution >= 4 is 33.4 Å². The van der Waals surface area contributed by atoms with Crippen LogP contribution in [-0.4, -0.2) is 22.0 Å². The summed E-state index contributed by atoms with van der Waals surface area (Å²) in [5.41, 5.74) is 2.62. The van der Waals surface area contributed by atoms with E-state index in [0.29, 0.717) is 28.9 Å². The summed E-state index contributed by atoms with van der Waals surface area (Å²) in [6, 6.07) is 14.3. The summed E-state index contributed by atoms with van der Waals surface area (Å²) in [5, 5.41) is 4.87. The normalized spacial score (nSPS) is 24.9. The minimum Gasteiger partial charge on any atom is -0.490 e. The second-order valence-corrected chi connectivity index (χ2v) is 9.14. The van der Waals surface area contributed by atoms with E-state index < -0.39 is 0 Å². The van der Waals surface area contributed by atoms with Gasteiger partial charge in [-0.05, 0) is 79.1 Å². The van der Waals surface area contributed by atoms with Crippen molar-refractivity contribution in [2.75, 3.05) is 5.32 Å². The number of amides is 1. The van der Waals surface area contributed by atoms with E-state index in [2.05, 4.69) is 15.3 Å². The number of benzene rings is 2. The molecular weight excluding hydrogens is 405 g/mol. The van der Waals surface area contributed by atoms with Gasteiger partial charge in [-0.25, -0.2) is 4.39 Å². The molecule has 0 saturated heterocycles. The molecule has 4 aromatic rings. The number of carbonyl (C=O) groups excluding carboxylic acids is 1. The first-order valence-corrected chi connectivity index (χ1v) is 11.2. The van der Waals surface area contributed by atoms with E-state index in [-0.39, 0.29) is 23.7 Å². The first-order valence-electron chi connectivity index (χ1n) is 11.2. The average molecular weight is 429 g/mol. The number of ether oxygens (including phenoxy) is 1. The van der Waals surface area contributed by atoms with E-state index in [9.17, 15) is 9.18 Å². The number of hydrogen-bond acceptors (Lipinski definition) is 3. The van der Waals surface area contributed by atoms with Crippen LogP contribution in [-0.2, 0) is 4.79 Å². The van der Waals surface area contributed by atoms with Crippen molar-refractivity contribution in [3.63, 3.8) is 0 Å². The molecule has 32 heavy (non-hydrogen) atoms. The molecule has 2 fully saturated rings. The summed E-state index contributed by atoms with van der Waals surface area (Å²) < 4.78 is 20.0. The Morgan fingerprint density at radius 1 is 1.16 bits per heavy atom. The van der Waals surface area contributed by atoms with E-state index in [1.165, 1.54) is 12.1 Å². The van der Waals surface area contributed by atoms with Crippen LogP contribution in [0.1, 0.15) is 19.8 Å². The number of rotatable bonds is 5. The summed E-state index contributed by atoms with van der Waals surface area (Å²) in [7, 11) is 0. The van der Waals surface area contributed by atoms with Gasteiger partial charge in [0.25, 0.3) is 0 Å². The van der Waals surface area contributed by atoms with Gasteiger partial charge in [-0.2, -0.15) is 0 Å². The third-order valence-corrected chi connectivity index (χ3v) is 7.24. The zero-order valence-electron chi connectivity index (χ0n) is 17.7. The molecule has 2 aromatic heterocycles. The van der Waals surface area contributed by atoms with Gasteiger partial charge < -0.3 is 15.0 Å². The second-order valence-electron chi connectivity index (χ2n) is 9.14. The Morgan fingerprint density at radius 2 is 2.00 bits per heavy atom. The molecule has 5 atom stereocenters. The number of pyridine rings is 1. The first-order chi connectivity index (χ1) is 15.6. The van der Waals surface area contributed by atoms with Crippen LogP contribution in [0, 0.1) is 29.5 Å². The molecule has 1 amide bonds. The van der Waals surface area contributed by atoms with Gasteiger partial charge in [-0.15, -0.1) is 0 Å². The number of carbonyl (C=O) groups is 1. The Hall–Kier alpha value is -3.41. The lowest BCUT2D eigenvalue weighted by molar-refractivity contribution is -0.120. The molecule has 5 nitrogen and oxygen atoms in total. The second kappa shape index (κ2) is 7.33. The van der Waals surface area contributed by atoms with Crippen molar-refractivity contribution in [2.24, 2.45) is 23.7 Å². The van der Waals surface area contributed by atoms with Gasteiger partial charge >= 0.3 is 0 Å². The highest BCUT2D eigenvalue weighted by atomic mass is 19.1. The molecule has 6 rings (SSSR count). The fourth-order valence-corrected chi connectivity index (χ4v) is 5.62. The molecule has 3 unspecified atom stereocenters. The van der Waals surface area contributed by atoms with E-state index in [1.54, 1.807) is 18.3 Å². The summed E-state index contributed by atoms with van der Waals surface area (Å²) in [6.07, 6.45) is 5.56. The zero-order chi connectivity index (χ0) is 21.8.